The predicted octanol–water partition coefficient (Wildman–Crippen LogP) is 3.51. The molecule has 0 N–H and O–H groups in total. The van der Waals surface area contributed by atoms with Gasteiger partial charge in [0.1, 0.15) is 0 Å². The first-order valence-electron chi connectivity index (χ1n) is 10.4. The second-order valence-corrected chi connectivity index (χ2v) is 8.88. The second kappa shape index (κ2) is 7.39. The third-order valence-electron chi connectivity index (χ3n) is 6.59. The van der Waals surface area contributed by atoms with Crippen molar-refractivity contribution in [3.05, 3.63) is 35.4 Å². The summed E-state index contributed by atoms with van der Waals surface area (Å²) in [7, 11) is 0. The summed E-state index contributed by atoms with van der Waals surface area (Å²) in [5.41, 5.74) is -2.36. The number of hydrogen-bond acceptors (Lipinski definition) is 3. The van der Waals surface area contributed by atoms with Gasteiger partial charge in [0.2, 0.25) is 17.7 Å². The zero-order chi connectivity index (χ0) is 21.7. The molecule has 8 heteroatoms. The molecule has 2 heterocycles. The van der Waals surface area contributed by atoms with Crippen molar-refractivity contribution in [3.8, 4) is 0 Å². The van der Waals surface area contributed by atoms with Crippen LogP contribution in [0.2, 0.25) is 0 Å². The van der Waals surface area contributed by atoms with Crippen LogP contribution in [0.4, 0.5) is 13.2 Å². The van der Waals surface area contributed by atoms with Gasteiger partial charge in [-0.2, -0.15) is 13.2 Å². The Bertz CT molecular complexity index is 873. The number of alkyl halides is 3. The van der Waals surface area contributed by atoms with Crippen LogP contribution in [0.5, 0.6) is 0 Å². The fourth-order valence-electron chi connectivity index (χ4n) is 4.55. The minimum absolute atomic E-state index is 0.0950. The molecule has 1 aromatic rings. The molecule has 2 aliphatic heterocycles. The van der Waals surface area contributed by atoms with E-state index in [1.165, 1.54) is 17.0 Å². The largest absolute Gasteiger partial charge is 0.416 e. The van der Waals surface area contributed by atoms with E-state index < -0.39 is 29.0 Å². The number of halogens is 3. The number of imide groups is 1. The number of benzene rings is 1. The maximum atomic E-state index is 13.4. The zero-order valence-electron chi connectivity index (χ0n) is 16.9. The number of carbonyl (C=O) groups excluding carboxylic acids is 3. The number of hydrogen-bond donors (Lipinski definition) is 0. The SMILES string of the molecule is CC1CCN(C(=O)C[C@@]2(c3cccc(C(F)(F)F)c3)CC(=O)N(C3CC3)C2=O)CC1. The van der Waals surface area contributed by atoms with Crippen LogP contribution in [0.25, 0.3) is 0 Å². The van der Waals surface area contributed by atoms with E-state index in [9.17, 15) is 27.6 Å². The molecular weight excluding hydrogens is 397 g/mol. The van der Waals surface area contributed by atoms with Gasteiger partial charge in [0.05, 0.1) is 11.0 Å². The van der Waals surface area contributed by atoms with Crippen molar-refractivity contribution in [2.24, 2.45) is 5.92 Å². The fourth-order valence-corrected chi connectivity index (χ4v) is 4.55. The van der Waals surface area contributed by atoms with Crippen LogP contribution < -0.4 is 0 Å². The molecule has 162 valence electrons. The number of piperidine rings is 1. The standard InChI is InChI=1S/C22H25F3N2O3/c1-14-7-9-26(10-8-14)18(28)12-21(13-19(29)27(20(21)30)17-5-6-17)15-3-2-4-16(11-15)22(23,24)25/h2-4,11,14,17H,5-10,12-13H2,1H3/t21-/m0/s1. The molecule has 1 aromatic carbocycles. The second-order valence-electron chi connectivity index (χ2n) is 8.88. The van der Waals surface area contributed by atoms with E-state index in [2.05, 4.69) is 6.92 Å². The lowest BCUT2D eigenvalue weighted by atomic mass is 9.75. The Morgan fingerprint density at radius 1 is 1.13 bits per heavy atom. The number of rotatable bonds is 4. The highest BCUT2D eigenvalue weighted by atomic mass is 19.4. The first-order valence-corrected chi connectivity index (χ1v) is 10.4. The van der Waals surface area contributed by atoms with Gasteiger partial charge in [-0.15, -0.1) is 0 Å². The minimum atomic E-state index is -4.58. The molecule has 1 atom stereocenters. The summed E-state index contributed by atoms with van der Waals surface area (Å²) in [6.45, 7) is 3.24. The van der Waals surface area contributed by atoms with Crippen molar-refractivity contribution < 1.29 is 27.6 Å². The topological polar surface area (TPSA) is 57.7 Å². The molecule has 3 fully saturated rings. The van der Waals surface area contributed by atoms with Crippen LogP contribution in [0.1, 0.15) is 56.6 Å². The Labute approximate surface area is 173 Å². The molecule has 1 saturated carbocycles. The molecule has 0 aromatic heterocycles. The molecule has 3 amide bonds. The molecule has 0 spiro atoms. The molecule has 0 bridgehead atoms. The highest BCUT2D eigenvalue weighted by Gasteiger charge is 2.57. The van der Waals surface area contributed by atoms with Crippen LogP contribution in [0.15, 0.2) is 24.3 Å². The van der Waals surface area contributed by atoms with E-state index >= 15 is 0 Å². The Morgan fingerprint density at radius 2 is 1.80 bits per heavy atom. The highest BCUT2D eigenvalue weighted by molar-refractivity contribution is 6.11. The lowest BCUT2D eigenvalue weighted by Gasteiger charge is -2.34. The quantitative estimate of drug-likeness (QED) is 0.698. The summed E-state index contributed by atoms with van der Waals surface area (Å²) >= 11 is 0. The molecule has 4 rings (SSSR count). The van der Waals surface area contributed by atoms with Gasteiger partial charge in [-0.05, 0) is 43.2 Å². The molecule has 2 saturated heterocycles. The van der Waals surface area contributed by atoms with Gasteiger partial charge in [0.25, 0.3) is 0 Å². The molecule has 0 unspecified atom stereocenters. The summed E-state index contributed by atoms with van der Waals surface area (Å²) in [5.74, 6) is -0.710. The summed E-state index contributed by atoms with van der Waals surface area (Å²) in [5, 5.41) is 0. The van der Waals surface area contributed by atoms with Crippen molar-refractivity contribution >= 4 is 17.7 Å². The monoisotopic (exact) mass is 422 g/mol. The number of amides is 3. The molecule has 1 aliphatic carbocycles. The minimum Gasteiger partial charge on any atom is -0.343 e. The molecule has 5 nitrogen and oxygen atoms in total. The van der Waals surface area contributed by atoms with E-state index in [0.717, 1.165) is 25.0 Å². The fraction of sp³-hybridized carbons (Fsp3) is 0.591. The van der Waals surface area contributed by atoms with Crippen molar-refractivity contribution in [3.63, 3.8) is 0 Å². The van der Waals surface area contributed by atoms with Crippen LogP contribution in [0.3, 0.4) is 0 Å². The predicted molar refractivity (Wildman–Crippen MR) is 102 cm³/mol. The average Bonchev–Trinajstić information content (AvgIpc) is 3.48. The van der Waals surface area contributed by atoms with Crippen molar-refractivity contribution in [1.82, 2.24) is 9.80 Å². The summed E-state index contributed by atoms with van der Waals surface area (Å²) in [6, 6.07) is 4.34. The molecule has 30 heavy (non-hydrogen) atoms. The summed E-state index contributed by atoms with van der Waals surface area (Å²) in [4.78, 5) is 42.0. The summed E-state index contributed by atoms with van der Waals surface area (Å²) in [6.07, 6.45) is -2.02. The highest BCUT2D eigenvalue weighted by Crippen LogP contribution is 2.45. The van der Waals surface area contributed by atoms with Gasteiger partial charge >= 0.3 is 6.18 Å². The first-order chi connectivity index (χ1) is 14.1. The van der Waals surface area contributed by atoms with E-state index in [0.29, 0.717) is 31.8 Å². The summed E-state index contributed by atoms with van der Waals surface area (Å²) < 4.78 is 40.0. The van der Waals surface area contributed by atoms with Crippen molar-refractivity contribution in [2.45, 2.75) is 63.1 Å². The molecule has 0 radical (unpaired) electrons. The Kier molecular flexibility index (Phi) is 5.14. The number of likely N-dealkylation sites (tertiary alicyclic amines) is 2. The van der Waals surface area contributed by atoms with Gasteiger partial charge < -0.3 is 4.90 Å². The van der Waals surface area contributed by atoms with E-state index in [4.69, 9.17) is 0 Å². The Morgan fingerprint density at radius 3 is 2.40 bits per heavy atom. The van der Waals surface area contributed by atoms with Crippen LogP contribution >= 0.6 is 0 Å². The van der Waals surface area contributed by atoms with Crippen LogP contribution in [-0.2, 0) is 26.0 Å². The Hall–Kier alpha value is -2.38. The Balaban J connectivity index is 1.70. The molecular formula is C22H25F3N2O3. The number of nitrogens with zero attached hydrogens (tertiary/aromatic N) is 2. The lowest BCUT2D eigenvalue weighted by molar-refractivity contribution is -0.143. The van der Waals surface area contributed by atoms with Crippen molar-refractivity contribution in [1.29, 1.82) is 0 Å². The van der Waals surface area contributed by atoms with Gasteiger partial charge in [0, 0.05) is 32.0 Å². The third kappa shape index (κ3) is 3.72. The molecule has 3 aliphatic rings. The van der Waals surface area contributed by atoms with E-state index in [1.54, 1.807) is 4.90 Å². The first kappa shape index (κ1) is 20.9. The van der Waals surface area contributed by atoms with Crippen LogP contribution in [-0.4, -0.2) is 46.7 Å². The maximum Gasteiger partial charge on any atom is 0.416 e. The zero-order valence-corrected chi connectivity index (χ0v) is 16.9. The van der Waals surface area contributed by atoms with Crippen LogP contribution in [0, 0.1) is 5.92 Å². The third-order valence-corrected chi connectivity index (χ3v) is 6.59. The van der Waals surface area contributed by atoms with Gasteiger partial charge in [0.15, 0.2) is 0 Å². The smallest absolute Gasteiger partial charge is 0.343 e. The number of carbonyl (C=O) groups is 3. The van der Waals surface area contributed by atoms with E-state index in [1.807, 2.05) is 0 Å². The average molecular weight is 422 g/mol. The van der Waals surface area contributed by atoms with Crippen molar-refractivity contribution in [2.75, 3.05) is 13.1 Å². The normalized spacial score (nSPS) is 25.9. The lowest BCUT2D eigenvalue weighted by Crippen LogP contribution is -2.45. The van der Waals surface area contributed by atoms with Gasteiger partial charge in [-0.3, -0.25) is 19.3 Å². The van der Waals surface area contributed by atoms with E-state index in [-0.39, 0.29) is 30.4 Å². The van der Waals surface area contributed by atoms with Gasteiger partial charge in [-0.1, -0.05) is 25.1 Å². The van der Waals surface area contributed by atoms with Gasteiger partial charge in [-0.25, -0.2) is 0 Å². The maximum absolute atomic E-state index is 13.4.